The van der Waals surface area contributed by atoms with Gasteiger partial charge in [-0.2, -0.15) is 0 Å². The number of anilines is 1. The van der Waals surface area contributed by atoms with Gasteiger partial charge >= 0.3 is 0 Å². The number of ether oxygens (including phenoxy) is 2. The third-order valence-electron chi connectivity index (χ3n) is 6.84. The summed E-state index contributed by atoms with van der Waals surface area (Å²) in [7, 11) is -1.38. The van der Waals surface area contributed by atoms with Gasteiger partial charge in [0.1, 0.15) is 12.6 Å². The van der Waals surface area contributed by atoms with Crippen LogP contribution in [0, 0.1) is 20.8 Å². The minimum absolute atomic E-state index is 0.0654. The number of benzene rings is 3. The zero-order valence-corrected chi connectivity index (χ0v) is 25.5. The van der Waals surface area contributed by atoms with Crippen molar-refractivity contribution in [1.82, 2.24) is 10.2 Å². The molecule has 0 bridgehead atoms. The van der Waals surface area contributed by atoms with Gasteiger partial charge < -0.3 is 19.7 Å². The van der Waals surface area contributed by atoms with Gasteiger partial charge in [0.25, 0.3) is 10.0 Å². The fourth-order valence-electron chi connectivity index (χ4n) is 4.60. The summed E-state index contributed by atoms with van der Waals surface area (Å²) in [6, 6.07) is 16.4. The molecule has 3 aromatic carbocycles. The summed E-state index contributed by atoms with van der Waals surface area (Å²) in [6.07, 6.45) is 0. The SMILES string of the molecule is CCNC(=O)C(C)N(Cc1ccccc1C)C(=O)CN(c1cc(C)cc(C)c1)S(=O)(=O)c1ccc(OC)c(OC)c1. The van der Waals surface area contributed by atoms with Crippen LogP contribution in [-0.4, -0.2) is 58.5 Å². The van der Waals surface area contributed by atoms with Crippen molar-refractivity contribution in [3.05, 3.63) is 82.9 Å². The summed E-state index contributed by atoms with van der Waals surface area (Å²) in [5, 5.41) is 2.77. The summed E-state index contributed by atoms with van der Waals surface area (Å²) in [5.41, 5.74) is 3.84. The summed E-state index contributed by atoms with van der Waals surface area (Å²) in [4.78, 5) is 28.3. The number of rotatable bonds is 12. The Morgan fingerprint density at radius 2 is 1.54 bits per heavy atom. The molecule has 0 aliphatic carbocycles. The largest absolute Gasteiger partial charge is 0.493 e. The number of amides is 2. The number of carbonyl (C=O) groups is 2. The van der Waals surface area contributed by atoms with Crippen molar-refractivity contribution in [2.24, 2.45) is 0 Å². The lowest BCUT2D eigenvalue weighted by Gasteiger charge is -2.32. The minimum Gasteiger partial charge on any atom is -0.493 e. The maximum absolute atomic E-state index is 14.2. The van der Waals surface area contributed by atoms with Gasteiger partial charge in [0, 0.05) is 19.2 Å². The molecule has 0 aliphatic rings. The van der Waals surface area contributed by atoms with Crippen LogP contribution in [0.2, 0.25) is 0 Å². The van der Waals surface area contributed by atoms with Gasteiger partial charge in [0.2, 0.25) is 11.8 Å². The number of methoxy groups -OCH3 is 2. The van der Waals surface area contributed by atoms with Gasteiger partial charge in [0.15, 0.2) is 11.5 Å². The predicted octanol–water partition coefficient (Wildman–Crippen LogP) is 4.38. The van der Waals surface area contributed by atoms with E-state index in [2.05, 4.69) is 5.32 Å². The average Bonchev–Trinajstić information content (AvgIpc) is 2.94. The van der Waals surface area contributed by atoms with Crippen LogP contribution in [0.4, 0.5) is 5.69 Å². The molecule has 1 unspecified atom stereocenters. The first-order valence-electron chi connectivity index (χ1n) is 13.4. The Labute approximate surface area is 243 Å². The summed E-state index contributed by atoms with van der Waals surface area (Å²) < 4.78 is 40.1. The molecule has 0 aliphatic heterocycles. The highest BCUT2D eigenvalue weighted by molar-refractivity contribution is 7.92. The molecular formula is C31H39N3O6S. The van der Waals surface area contributed by atoms with Gasteiger partial charge in [-0.25, -0.2) is 8.42 Å². The smallest absolute Gasteiger partial charge is 0.264 e. The Bertz CT molecular complexity index is 1490. The molecule has 9 nitrogen and oxygen atoms in total. The molecule has 1 atom stereocenters. The summed E-state index contributed by atoms with van der Waals surface area (Å²) in [5.74, 6) is -0.225. The number of aryl methyl sites for hydroxylation is 3. The van der Waals surface area contributed by atoms with E-state index in [1.54, 1.807) is 26.0 Å². The number of hydrogen-bond donors (Lipinski definition) is 1. The van der Waals surface area contributed by atoms with Crippen LogP contribution in [-0.2, 0) is 26.2 Å². The van der Waals surface area contributed by atoms with E-state index >= 15 is 0 Å². The zero-order chi connectivity index (χ0) is 30.3. The second-order valence-corrected chi connectivity index (χ2v) is 11.8. The van der Waals surface area contributed by atoms with E-state index in [1.165, 1.54) is 37.3 Å². The average molecular weight is 582 g/mol. The van der Waals surface area contributed by atoms with Crippen LogP contribution in [0.3, 0.4) is 0 Å². The van der Waals surface area contributed by atoms with E-state index in [9.17, 15) is 18.0 Å². The molecule has 220 valence electrons. The van der Waals surface area contributed by atoms with Crippen molar-refractivity contribution >= 4 is 27.5 Å². The molecule has 0 saturated heterocycles. The van der Waals surface area contributed by atoms with Crippen LogP contribution in [0.5, 0.6) is 11.5 Å². The van der Waals surface area contributed by atoms with Crippen molar-refractivity contribution in [3.8, 4) is 11.5 Å². The highest BCUT2D eigenvalue weighted by Crippen LogP contribution is 2.33. The molecule has 0 radical (unpaired) electrons. The quantitative estimate of drug-likeness (QED) is 0.341. The molecule has 2 amide bonds. The molecule has 0 saturated carbocycles. The first kappa shape index (κ1) is 31.5. The third kappa shape index (κ3) is 7.38. The summed E-state index contributed by atoms with van der Waals surface area (Å²) in [6.45, 7) is 9.12. The van der Waals surface area contributed by atoms with Crippen molar-refractivity contribution in [2.75, 3.05) is 31.6 Å². The van der Waals surface area contributed by atoms with E-state index in [0.29, 0.717) is 18.0 Å². The maximum Gasteiger partial charge on any atom is 0.264 e. The van der Waals surface area contributed by atoms with Gasteiger partial charge in [0.05, 0.1) is 24.8 Å². The Balaban J connectivity index is 2.12. The highest BCUT2D eigenvalue weighted by atomic mass is 32.2. The van der Waals surface area contributed by atoms with Gasteiger partial charge in [-0.1, -0.05) is 30.3 Å². The topological polar surface area (TPSA) is 105 Å². The summed E-state index contributed by atoms with van der Waals surface area (Å²) >= 11 is 0. The Morgan fingerprint density at radius 1 is 0.902 bits per heavy atom. The lowest BCUT2D eigenvalue weighted by atomic mass is 10.1. The lowest BCUT2D eigenvalue weighted by Crippen LogP contribution is -2.51. The second-order valence-electron chi connectivity index (χ2n) is 9.89. The molecule has 3 rings (SSSR count). The minimum atomic E-state index is -4.26. The lowest BCUT2D eigenvalue weighted by molar-refractivity contribution is -0.139. The van der Waals surface area contributed by atoms with Crippen molar-refractivity contribution in [1.29, 1.82) is 0 Å². The van der Waals surface area contributed by atoms with Crippen molar-refractivity contribution in [3.63, 3.8) is 0 Å². The molecule has 0 heterocycles. The van der Waals surface area contributed by atoms with Crippen molar-refractivity contribution in [2.45, 2.75) is 52.1 Å². The second kappa shape index (κ2) is 13.5. The van der Waals surface area contributed by atoms with E-state index in [-0.39, 0.29) is 23.1 Å². The normalized spacial score (nSPS) is 11.9. The fraction of sp³-hybridized carbons (Fsp3) is 0.355. The van der Waals surface area contributed by atoms with Gasteiger partial charge in [-0.05, 0) is 81.1 Å². The van der Waals surface area contributed by atoms with Crippen LogP contribution < -0.4 is 19.1 Å². The number of nitrogens with one attached hydrogen (secondary N) is 1. The molecule has 0 fully saturated rings. The Morgan fingerprint density at radius 3 is 2.12 bits per heavy atom. The van der Waals surface area contributed by atoms with Gasteiger partial charge in [-0.3, -0.25) is 13.9 Å². The molecule has 3 aromatic rings. The number of likely N-dealkylation sites (N-methyl/N-ethyl adjacent to an activating group) is 1. The van der Waals surface area contributed by atoms with Gasteiger partial charge in [-0.15, -0.1) is 0 Å². The van der Waals surface area contributed by atoms with Crippen LogP contribution in [0.25, 0.3) is 0 Å². The third-order valence-corrected chi connectivity index (χ3v) is 8.61. The number of carbonyl (C=O) groups excluding carboxylic acids is 2. The number of hydrogen-bond acceptors (Lipinski definition) is 6. The molecular weight excluding hydrogens is 542 g/mol. The Kier molecular flexibility index (Phi) is 10.4. The molecule has 0 spiro atoms. The zero-order valence-electron chi connectivity index (χ0n) is 24.7. The number of sulfonamides is 1. The first-order chi connectivity index (χ1) is 19.4. The number of nitrogens with zero attached hydrogens (tertiary/aromatic N) is 2. The van der Waals surface area contributed by atoms with E-state index in [1.807, 2.05) is 51.1 Å². The molecule has 0 aromatic heterocycles. The Hall–Kier alpha value is -4.05. The molecule has 1 N–H and O–H groups in total. The van der Waals surface area contributed by atoms with E-state index in [4.69, 9.17) is 9.47 Å². The van der Waals surface area contributed by atoms with Crippen LogP contribution >= 0.6 is 0 Å². The molecule has 41 heavy (non-hydrogen) atoms. The maximum atomic E-state index is 14.2. The van der Waals surface area contributed by atoms with Crippen molar-refractivity contribution < 1.29 is 27.5 Å². The predicted molar refractivity (Wildman–Crippen MR) is 160 cm³/mol. The van der Waals surface area contributed by atoms with E-state index < -0.39 is 28.5 Å². The van der Waals surface area contributed by atoms with Crippen LogP contribution in [0.1, 0.15) is 36.1 Å². The molecule has 10 heteroatoms. The first-order valence-corrected chi connectivity index (χ1v) is 14.8. The van der Waals surface area contributed by atoms with E-state index in [0.717, 1.165) is 26.6 Å². The standard InChI is InChI=1S/C31H39N3O6S/c1-8-32-31(36)24(5)33(19-25-12-10-9-11-23(25)4)30(35)20-34(26-16-21(2)15-22(3)17-26)41(37,38)27-13-14-28(39-6)29(18-27)40-7/h9-18,24H,8,19-20H2,1-7H3,(H,32,36). The highest BCUT2D eigenvalue weighted by Gasteiger charge is 2.33. The fourth-order valence-corrected chi connectivity index (χ4v) is 6.02. The monoisotopic (exact) mass is 581 g/mol. The van der Waals surface area contributed by atoms with Crippen LogP contribution in [0.15, 0.2) is 65.6 Å².